The van der Waals surface area contributed by atoms with Gasteiger partial charge in [0.25, 0.3) is 10.2 Å². The normalized spacial score (nSPS) is 15.8. The molecule has 10 heteroatoms. The molecule has 2 rings (SSSR count). The van der Waals surface area contributed by atoms with Crippen LogP contribution in [-0.4, -0.2) is 73.7 Å². The predicted molar refractivity (Wildman–Crippen MR) is 111 cm³/mol. The summed E-state index contributed by atoms with van der Waals surface area (Å²) < 4.78 is 33.5. The summed E-state index contributed by atoms with van der Waals surface area (Å²) in [6, 6.07) is 5.16. The van der Waals surface area contributed by atoms with Crippen LogP contribution in [0.25, 0.3) is 0 Å². The van der Waals surface area contributed by atoms with Gasteiger partial charge in [-0.25, -0.2) is 0 Å². The zero-order valence-electron chi connectivity index (χ0n) is 16.2. The van der Waals surface area contributed by atoms with Gasteiger partial charge in [-0.05, 0) is 18.6 Å². The van der Waals surface area contributed by atoms with Crippen LogP contribution in [0.15, 0.2) is 18.2 Å². The molecule has 1 aromatic rings. The summed E-state index contributed by atoms with van der Waals surface area (Å²) in [5.41, 5.74) is 0. The van der Waals surface area contributed by atoms with Gasteiger partial charge in [-0.3, -0.25) is 4.79 Å². The van der Waals surface area contributed by atoms with E-state index in [1.54, 1.807) is 23.1 Å². The number of halogens is 2. The molecule has 0 saturated carbocycles. The molecule has 1 aromatic carbocycles. The number of nitrogens with zero attached hydrogens (tertiary/aromatic N) is 3. The molecule has 0 spiro atoms. The monoisotopic (exact) mass is 451 g/mol. The zero-order chi connectivity index (χ0) is 20.7. The van der Waals surface area contributed by atoms with Crippen molar-refractivity contribution < 1.29 is 17.9 Å². The van der Waals surface area contributed by atoms with Crippen LogP contribution in [0.4, 0.5) is 0 Å². The number of hydrogen-bond acceptors (Lipinski definition) is 4. The van der Waals surface area contributed by atoms with Crippen LogP contribution in [-0.2, 0) is 15.0 Å². The van der Waals surface area contributed by atoms with Crippen LogP contribution in [0.3, 0.4) is 0 Å². The Hall–Kier alpha value is -1.06. The molecule has 0 N–H and O–H groups in total. The van der Waals surface area contributed by atoms with E-state index in [4.69, 9.17) is 27.9 Å². The van der Waals surface area contributed by atoms with Crippen LogP contribution in [0, 0.1) is 0 Å². The summed E-state index contributed by atoms with van der Waals surface area (Å²) in [7, 11) is -3.45. The van der Waals surface area contributed by atoms with Gasteiger partial charge in [-0.1, -0.05) is 43.1 Å². The smallest absolute Gasteiger partial charge is 0.282 e. The van der Waals surface area contributed by atoms with Crippen molar-refractivity contribution in [1.29, 1.82) is 0 Å². The summed E-state index contributed by atoms with van der Waals surface area (Å²) in [6.45, 7) is 6.31. The highest BCUT2D eigenvalue weighted by atomic mass is 35.5. The van der Waals surface area contributed by atoms with Crippen LogP contribution >= 0.6 is 23.2 Å². The van der Waals surface area contributed by atoms with E-state index in [-0.39, 0.29) is 5.91 Å². The van der Waals surface area contributed by atoms with E-state index in [2.05, 4.69) is 0 Å². The molecule has 0 unspecified atom stereocenters. The molecule has 0 radical (unpaired) electrons. The molecule has 28 heavy (non-hydrogen) atoms. The lowest BCUT2D eigenvalue weighted by molar-refractivity contribution is -0.132. The molecule has 0 aliphatic carbocycles. The third-order valence-corrected chi connectivity index (χ3v) is 7.65. The molecule has 0 aromatic heterocycles. The Balaban J connectivity index is 1.76. The Kier molecular flexibility index (Phi) is 8.82. The molecule has 1 amide bonds. The average Bonchev–Trinajstić information content (AvgIpc) is 2.69. The molecular formula is C18H27Cl2N3O4S. The molecule has 1 saturated heterocycles. The molecule has 1 heterocycles. The maximum atomic E-state index is 12.5. The molecule has 0 bridgehead atoms. The Morgan fingerprint density at radius 3 is 2.39 bits per heavy atom. The SMILES string of the molecule is CCN(CC)S(=O)(=O)N1CCN(C(=O)CCCOc2cccc(Cl)c2Cl)CC1. The van der Waals surface area contributed by atoms with Gasteiger partial charge < -0.3 is 9.64 Å². The van der Waals surface area contributed by atoms with Gasteiger partial charge in [0, 0.05) is 45.7 Å². The molecule has 0 atom stereocenters. The highest BCUT2D eigenvalue weighted by Crippen LogP contribution is 2.31. The van der Waals surface area contributed by atoms with E-state index >= 15 is 0 Å². The van der Waals surface area contributed by atoms with Crippen molar-refractivity contribution in [3.8, 4) is 5.75 Å². The molecule has 1 fully saturated rings. The highest BCUT2D eigenvalue weighted by Gasteiger charge is 2.31. The molecular weight excluding hydrogens is 425 g/mol. The van der Waals surface area contributed by atoms with E-state index in [1.807, 2.05) is 13.8 Å². The van der Waals surface area contributed by atoms with Crippen LogP contribution in [0.1, 0.15) is 26.7 Å². The lowest BCUT2D eigenvalue weighted by Gasteiger charge is -2.36. The summed E-state index contributed by atoms with van der Waals surface area (Å²) in [5, 5.41) is 0.786. The molecule has 1 aliphatic heterocycles. The minimum absolute atomic E-state index is 0.000628. The number of rotatable bonds is 9. The van der Waals surface area contributed by atoms with Crippen molar-refractivity contribution in [2.24, 2.45) is 0 Å². The number of piperazine rings is 1. The Morgan fingerprint density at radius 2 is 1.79 bits per heavy atom. The fourth-order valence-electron chi connectivity index (χ4n) is 3.04. The van der Waals surface area contributed by atoms with Gasteiger partial charge in [0.05, 0.1) is 11.6 Å². The van der Waals surface area contributed by atoms with Crippen molar-refractivity contribution in [2.75, 3.05) is 45.9 Å². The maximum Gasteiger partial charge on any atom is 0.282 e. The number of carbonyl (C=O) groups excluding carboxylic acids is 1. The zero-order valence-corrected chi connectivity index (χ0v) is 18.6. The Bertz CT molecular complexity index is 764. The molecule has 1 aliphatic rings. The van der Waals surface area contributed by atoms with Crippen LogP contribution in [0.5, 0.6) is 5.75 Å². The highest BCUT2D eigenvalue weighted by molar-refractivity contribution is 7.86. The minimum atomic E-state index is -3.45. The van der Waals surface area contributed by atoms with Gasteiger partial charge in [0.1, 0.15) is 10.8 Å². The average molecular weight is 452 g/mol. The van der Waals surface area contributed by atoms with Crippen molar-refractivity contribution >= 4 is 39.3 Å². The second-order valence-electron chi connectivity index (χ2n) is 6.38. The number of carbonyl (C=O) groups is 1. The third kappa shape index (κ3) is 5.73. The van der Waals surface area contributed by atoms with Crippen molar-refractivity contribution in [1.82, 2.24) is 13.5 Å². The van der Waals surface area contributed by atoms with E-state index < -0.39 is 10.2 Å². The lowest BCUT2D eigenvalue weighted by atomic mass is 10.2. The summed E-state index contributed by atoms with van der Waals surface area (Å²) >= 11 is 12.0. The van der Waals surface area contributed by atoms with E-state index in [9.17, 15) is 13.2 Å². The maximum absolute atomic E-state index is 12.5. The third-order valence-electron chi connectivity index (χ3n) is 4.66. The molecule has 158 valence electrons. The van der Waals surface area contributed by atoms with Gasteiger partial charge in [-0.2, -0.15) is 17.0 Å². The van der Waals surface area contributed by atoms with E-state index in [1.165, 1.54) is 8.61 Å². The summed E-state index contributed by atoms with van der Waals surface area (Å²) in [6.07, 6.45) is 0.876. The van der Waals surface area contributed by atoms with Gasteiger partial charge in [0.15, 0.2) is 0 Å². The fraction of sp³-hybridized carbons (Fsp3) is 0.611. The first kappa shape index (κ1) is 23.2. The standard InChI is InChI=1S/C18H27Cl2N3O4S/c1-3-22(4-2)28(25,26)23-12-10-21(11-13-23)17(24)9-6-14-27-16-8-5-7-15(19)18(16)20/h5,7-8H,3-4,6,9-14H2,1-2H3. The second-order valence-corrected chi connectivity index (χ2v) is 9.09. The van der Waals surface area contributed by atoms with E-state index in [0.29, 0.717) is 74.5 Å². The van der Waals surface area contributed by atoms with Crippen LogP contribution in [0.2, 0.25) is 10.0 Å². The van der Waals surface area contributed by atoms with Crippen molar-refractivity contribution in [3.05, 3.63) is 28.2 Å². The predicted octanol–water partition coefficient (Wildman–Crippen LogP) is 2.88. The number of ether oxygens (including phenoxy) is 1. The second kappa shape index (κ2) is 10.6. The number of benzene rings is 1. The molecule has 7 nitrogen and oxygen atoms in total. The topological polar surface area (TPSA) is 70.2 Å². The van der Waals surface area contributed by atoms with Crippen molar-refractivity contribution in [3.63, 3.8) is 0 Å². The fourth-order valence-corrected chi connectivity index (χ4v) is 4.99. The first-order chi connectivity index (χ1) is 13.3. The number of amides is 1. The van der Waals surface area contributed by atoms with Crippen LogP contribution < -0.4 is 4.74 Å². The minimum Gasteiger partial charge on any atom is -0.492 e. The summed E-state index contributed by atoms with van der Waals surface area (Å²) in [5.74, 6) is 0.498. The van der Waals surface area contributed by atoms with Crippen molar-refractivity contribution in [2.45, 2.75) is 26.7 Å². The van der Waals surface area contributed by atoms with E-state index in [0.717, 1.165) is 0 Å². The number of hydrogen-bond donors (Lipinski definition) is 0. The van der Waals surface area contributed by atoms with Gasteiger partial charge in [0.2, 0.25) is 5.91 Å². The lowest BCUT2D eigenvalue weighted by Crippen LogP contribution is -2.54. The van der Waals surface area contributed by atoms with Gasteiger partial charge in [-0.15, -0.1) is 0 Å². The quantitative estimate of drug-likeness (QED) is 0.541. The Labute approximate surface area is 177 Å². The van der Waals surface area contributed by atoms with Gasteiger partial charge >= 0.3 is 0 Å². The Morgan fingerprint density at radius 1 is 1.14 bits per heavy atom. The first-order valence-electron chi connectivity index (χ1n) is 9.41. The first-order valence-corrected chi connectivity index (χ1v) is 11.6. The largest absolute Gasteiger partial charge is 0.492 e. The summed E-state index contributed by atoms with van der Waals surface area (Å²) in [4.78, 5) is 14.1.